The lowest BCUT2D eigenvalue weighted by atomic mass is 10.0. The molecule has 0 radical (unpaired) electrons. The second-order valence-electron chi connectivity index (χ2n) is 8.66. The first-order valence-corrected chi connectivity index (χ1v) is 12.5. The summed E-state index contributed by atoms with van der Waals surface area (Å²) < 4.78 is 7.11. The average Bonchev–Trinajstić information content (AvgIpc) is 3.43. The topological polar surface area (TPSA) is 72.3 Å². The Balaban J connectivity index is 0.00000289. The van der Waals surface area contributed by atoms with Crippen LogP contribution >= 0.6 is 23.7 Å². The Morgan fingerprint density at radius 2 is 1.97 bits per heavy atom. The van der Waals surface area contributed by atoms with Crippen molar-refractivity contribution >= 4 is 34.8 Å². The summed E-state index contributed by atoms with van der Waals surface area (Å²) in [5.41, 5.74) is 4.02. The summed E-state index contributed by atoms with van der Waals surface area (Å²) in [6.07, 6.45) is 7.76. The van der Waals surface area contributed by atoms with E-state index in [1.54, 1.807) is 36.8 Å². The molecular weight excluding hydrogens is 482 g/mol. The molecule has 0 unspecified atom stereocenters. The first kappa shape index (κ1) is 25.3. The maximum absolute atomic E-state index is 12.5. The summed E-state index contributed by atoms with van der Waals surface area (Å²) in [5, 5.41) is 5.81. The minimum Gasteiger partial charge on any atom is -0.495 e. The summed E-state index contributed by atoms with van der Waals surface area (Å²) in [5.74, 6) is 0.662. The number of pyridine rings is 3. The van der Waals surface area contributed by atoms with Crippen LogP contribution in [0.25, 0.3) is 21.5 Å². The Morgan fingerprint density at radius 1 is 1.11 bits per heavy atom. The first-order valence-electron chi connectivity index (χ1n) is 11.7. The molecule has 9 heteroatoms. The van der Waals surface area contributed by atoms with Gasteiger partial charge in [0.2, 0.25) is 0 Å². The van der Waals surface area contributed by atoms with E-state index in [1.807, 2.05) is 23.0 Å². The number of hydrogen-bond acceptors (Lipinski definition) is 7. The molecule has 0 spiro atoms. The van der Waals surface area contributed by atoms with Crippen LogP contribution in [0.5, 0.6) is 5.75 Å². The Morgan fingerprint density at radius 3 is 2.74 bits per heavy atom. The van der Waals surface area contributed by atoms with Gasteiger partial charge in [0, 0.05) is 60.6 Å². The number of ether oxygens (including phenoxy) is 1. The van der Waals surface area contributed by atoms with Gasteiger partial charge >= 0.3 is 0 Å². The molecule has 1 saturated heterocycles. The van der Waals surface area contributed by atoms with Gasteiger partial charge in [0.15, 0.2) is 0 Å². The van der Waals surface area contributed by atoms with Crippen LogP contribution in [0.3, 0.4) is 0 Å². The van der Waals surface area contributed by atoms with Gasteiger partial charge in [-0.3, -0.25) is 14.8 Å². The molecule has 184 valence electrons. The summed E-state index contributed by atoms with van der Waals surface area (Å²) >= 11 is 1.74. The van der Waals surface area contributed by atoms with Crippen molar-refractivity contribution in [1.29, 1.82) is 0 Å². The molecule has 4 aromatic rings. The summed E-state index contributed by atoms with van der Waals surface area (Å²) in [7, 11) is 1.61. The molecule has 5 rings (SSSR count). The molecule has 1 aliphatic rings. The fourth-order valence-corrected chi connectivity index (χ4v) is 5.23. The van der Waals surface area contributed by atoms with Crippen molar-refractivity contribution < 1.29 is 4.74 Å². The van der Waals surface area contributed by atoms with E-state index in [9.17, 15) is 4.79 Å². The molecule has 35 heavy (non-hydrogen) atoms. The van der Waals surface area contributed by atoms with Gasteiger partial charge in [-0.25, -0.2) is 0 Å². The van der Waals surface area contributed by atoms with Crippen molar-refractivity contribution in [2.24, 2.45) is 0 Å². The van der Waals surface area contributed by atoms with Crippen LogP contribution in [-0.4, -0.2) is 52.2 Å². The number of piperidine rings is 1. The lowest BCUT2D eigenvalue weighted by Gasteiger charge is -2.32. The summed E-state index contributed by atoms with van der Waals surface area (Å²) in [6, 6.07) is 12.2. The smallest absolute Gasteiger partial charge is 0.251 e. The second kappa shape index (κ2) is 11.8. The monoisotopic (exact) mass is 511 g/mol. The van der Waals surface area contributed by atoms with Crippen LogP contribution in [0.1, 0.15) is 18.4 Å². The number of rotatable bonds is 8. The fraction of sp³-hybridized carbons (Fsp3) is 0.346. The number of nitrogens with zero attached hydrogens (tertiary/aromatic N) is 4. The van der Waals surface area contributed by atoms with Gasteiger partial charge < -0.3 is 19.5 Å². The molecule has 5 heterocycles. The summed E-state index contributed by atoms with van der Waals surface area (Å²) in [4.78, 5) is 25.1. The normalized spacial score (nSPS) is 14.7. The zero-order chi connectivity index (χ0) is 23.3. The fourth-order valence-electron chi connectivity index (χ4n) is 4.52. The van der Waals surface area contributed by atoms with E-state index in [-0.39, 0.29) is 18.0 Å². The number of nitrogens with one attached hydrogen (secondary N) is 1. The molecule has 0 bridgehead atoms. The number of halogens is 1. The molecule has 1 aliphatic heterocycles. The highest BCUT2D eigenvalue weighted by atomic mass is 35.5. The predicted octanol–water partition coefficient (Wildman–Crippen LogP) is 4.20. The number of hydrogen-bond donors (Lipinski definition) is 1. The summed E-state index contributed by atoms with van der Waals surface area (Å²) in [6.45, 7) is 4.36. The number of likely N-dealkylation sites (tertiary alicyclic amines) is 1. The molecule has 7 nitrogen and oxygen atoms in total. The molecular formula is C26H30ClN5O2S. The van der Waals surface area contributed by atoms with E-state index >= 15 is 0 Å². The zero-order valence-electron chi connectivity index (χ0n) is 19.7. The number of methoxy groups -OCH3 is 1. The van der Waals surface area contributed by atoms with Crippen LogP contribution in [0.4, 0.5) is 0 Å². The number of thiophene rings is 1. The van der Waals surface area contributed by atoms with Crippen molar-refractivity contribution in [3.05, 3.63) is 76.3 Å². The van der Waals surface area contributed by atoms with Gasteiger partial charge in [-0.05, 0) is 55.1 Å². The molecule has 1 fully saturated rings. The Bertz CT molecular complexity index is 1300. The molecule has 0 saturated carbocycles. The maximum atomic E-state index is 12.5. The van der Waals surface area contributed by atoms with E-state index in [1.165, 1.54) is 16.0 Å². The van der Waals surface area contributed by atoms with E-state index in [0.717, 1.165) is 50.1 Å². The van der Waals surface area contributed by atoms with Gasteiger partial charge in [-0.2, -0.15) is 0 Å². The van der Waals surface area contributed by atoms with Gasteiger partial charge in [0.1, 0.15) is 5.75 Å². The second-order valence-corrected chi connectivity index (χ2v) is 9.61. The minimum absolute atomic E-state index is 0. The molecule has 0 amide bonds. The Labute approximate surface area is 215 Å². The highest BCUT2D eigenvalue weighted by Crippen LogP contribution is 2.24. The Hall–Kier alpha value is -2.78. The van der Waals surface area contributed by atoms with Gasteiger partial charge in [0.05, 0.1) is 24.3 Å². The highest BCUT2D eigenvalue weighted by Gasteiger charge is 2.19. The largest absolute Gasteiger partial charge is 0.495 e. The lowest BCUT2D eigenvalue weighted by molar-refractivity contribution is 0.191. The van der Waals surface area contributed by atoms with Crippen molar-refractivity contribution in [3.63, 3.8) is 0 Å². The van der Waals surface area contributed by atoms with Gasteiger partial charge in [-0.1, -0.05) is 6.07 Å². The van der Waals surface area contributed by atoms with Crippen LogP contribution < -0.4 is 15.6 Å². The van der Waals surface area contributed by atoms with Crippen LogP contribution in [0.2, 0.25) is 0 Å². The van der Waals surface area contributed by atoms with Crippen LogP contribution in [0, 0.1) is 0 Å². The zero-order valence-corrected chi connectivity index (χ0v) is 21.4. The van der Waals surface area contributed by atoms with E-state index in [2.05, 4.69) is 43.8 Å². The van der Waals surface area contributed by atoms with Crippen molar-refractivity contribution in [2.75, 3.05) is 26.7 Å². The minimum atomic E-state index is -0.00232. The standard InChI is InChI=1S/C26H29N5O2S.ClH/c1-33-22-14-24-23(29-18-22)4-5-26(32)31(24)11-10-30-8-6-21(7-9-30)28-16-19-13-20(17-27-15-19)25-3-2-12-34-25;/h2-5,12-15,17-18,21,28H,6-11,16H2,1H3;1H. The van der Waals surface area contributed by atoms with E-state index in [0.29, 0.717) is 18.3 Å². The number of aromatic nitrogens is 3. The third-order valence-corrected chi connectivity index (χ3v) is 7.39. The predicted molar refractivity (Wildman–Crippen MR) is 144 cm³/mol. The van der Waals surface area contributed by atoms with E-state index < -0.39 is 0 Å². The van der Waals surface area contributed by atoms with Gasteiger partial charge in [0.25, 0.3) is 5.56 Å². The molecule has 4 aromatic heterocycles. The quantitative estimate of drug-likeness (QED) is 0.382. The van der Waals surface area contributed by atoms with Crippen LogP contribution in [-0.2, 0) is 13.1 Å². The lowest BCUT2D eigenvalue weighted by Crippen LogP contribution is -2.43. The molecule has 1 N–H and O–H groups in total. The molecule has 0 aliphatic carbocycles. The molecule has 0 aromatic carbocycles. The highest BCUT2D eigenvalue weighted by molar-refractivity contribution is 7.13. The van der Waals surface area contributed by atoms with Crippen molar-refractivity contribution in [3.8, 4) is 16.2 Å². The molecule has 0 atom stereocenters. The third-order valence-electron chi connectivity index (χ3n) is 6.47. The van der Waals surface area contributed by atoms with Crippen LogP contribution in [0.15, 0.2) is 65.2 Å². The van der Waals surface area contributed by atoms with Gasteiger partial charge in [-0.15, -0.1) is 23.7 Å². The number of fused-ring (bicyclic) bond motifs is 1. The van der Waals surface area contributed by atoms with Crippen molar-refractivity contribution in [2.45, 2.75) is 32.0 Å². The Kier molecular flexibility index (Phi) is 8.51. The average molecular weight is 512 g/mol. The van der Waals surface area contributed by atoms with Crippen molar-refractivity contribution in [1.82, 2.24) is 24.8 Å². The first-order chi connectivity index (χ1) is 16.7. The maximum Gasteiger partial charge on any atom is 0.251 e. The third kappa shape index (κ3) is 6.08. The van der Waals surface area contributed by atoms with E-state index in [4.69, 9.17) is 4.74 Å². The SMILES string of the molecule is COc1cnc2ccc(=O)n(CCN3CCC(NCc4cncc(-c5cccs5)c4)CC3)c2c1.Cl.